The van der Waals surface area contributed by atoms with Crippen LogP contribution < -0.4 is 5.32 Å². The van der Waals surface area contributed by atoms with Gasteiger partial charge in [0.05, 0.1) is 11.6 Å². The van der Waals surface area contributed by atoms with E-state index in [0.717, 1.165) is 6.42 Å². The molecule has 0 aliphatic heterocycles. The zero-order valence-corrected chi connectivity index (χ0v) is 13.5. The fourth-order valence-corrected chi connectivity index (χ4v) is 3.50. The molecule has 0 spiro atoms. The molecule has 0 radical (unpaired) electrons. The second kappa shape index (κ2) is 6.55. The van der Waals surface area contributed by atoms with Gasteiger partial charge in [0.15, 0.2) is 0 Å². The molecule has 0 aliphatic carbocycles. The zero-order chi connectivity index (χ0) is 13.8. The van der Waals surface area contributed by atoms with Gasteiger partial charge < -0.3 is 5.32 Å². The molecular formula is C14H13BrClNOS. The van der Waals surface area contributed by atoms with Gasteiger partial charge in [-0.1, -0.05) is 24.6 Å². The number of rotatable bonds is 4. The first kappa shape index (κ1) is 14.6. The van der Waals surface area contributed by atoms with Crippen LogP contribution in [0.4, 0.5) is 0 Å². The number of amides is 1. The van der Waals surface area contributed by atoms with E-state index in [2.05, 4.69) is 28.2 Å². The SMILES string of the molecule is CCC(NC(=O)c1ccc(Cl)cc1Br)c1cccs1. The summed E-state index contributed by atoms with van der Waals surface area (Å²) in [6.07, 6.45) is 0.859. The maximum Gasteiger partial charge on any atom is 0.252 e. The van der Waals surface area contributed by atoms with Gasteiger partial charge in [0, 0.05) is 14.4 Å². The highest BCUT2D eigenvalue weighted by Gasteiger charge is 2.16. The summed E-state index contributed by atoms with van der Waals surface area (Å²) in [5.74, 6) is -0.0937. The van der Waals surface area contributed by atoms with Crippen LogP contribution in [0.15, 0.2) is 40.2 Å². The third-order valence-electron chi connectivity index (χ3n) is 2.78. The first-order valence-electron chi connectivity index (χ1n) is 5.91. The standard InChI is InChI=1S/C14H13BrClNOS/c1-2-12(13-4-3-7-19-13)17-14(18)10-6-5-9(16)8-11(10)15/h3-8,12H,2H2,1H3,(H,17,18). The van der Waals surface area contributed by atoms with Crippen molar-refractivity contribution in [3.8, 4) is 0 Å². The largest absolute Gasteiger partial charge is 0.344 e. The van der Waals surface area contributed by atoms with Gasteiger partial charge >= 0.3 is 0 Å². The van der Waals surface area contributed by atoms with E-state index in [0.29, 0.717) is 15.1 Å². The van der Waals surface area contributed by atoms with Gasteiger partial charge in [-0.05, 0) is 52.0 Å². The van der Waals surface area contributed by atoms with Gasteiger partial charge in [-0.2, -0.15) is 0 Å². The van der Waals surface area contributed by atoms with Gasteiger partial charge in [-0.3, -0.25) is 4.79 Å². The topological polar surface area (TPSA) is 29.1 Å². The van der Waals surface area contributed by atoms with Gasteiger partial charge in [0.2, 0.25) is 0 Å². The highest BCUT2D eigenvalue weighted by Crippen LogP contribution is 2.25. The lowest BCUT2D eigenvalue weighted by Gasteiger charge is -2.16. The molecule has 2 nitrogen and oxygen atoms in total. The summed E-state index contributed by atoms with van der Waals surface area (Å²) in [5.41, 5.74) is 0.597. The molecule has 0 saturated heterocycles. The maximum atomic E-state index is 12.3. The molecule has 0 saturated carbocycles. The monoisotopic (exact) mass is 357 g/mol. The molecule has 1 aromatic carbocycles. The van der Waals surface area contributed by atoms with Crippen LogP contribution in [-0.4, -0.2) is 5.91 Å². The minimum Gasteiger partial charge on any atom is -0.344 e. The molecule has 2 rings (SSSR count). The lowest BCUT2D eigenvalue weighted by Crippen LogP contribution is -2.27. The second-order valence-corrected chi connectivity index (χ2v) is 6.34. The lowest BCUT2D eigenvalue weighted by atomic mass is 10.1. The maximum absolute atomic E-state index is 12.3. The number of carbonyl (C=O) groups excluding carboxylic acids is 1. The average molecular weight is 359 g/mol. The minimum absolute atomic E-state index is 0.0510. The van der Waals surface area contributed by atoms with Crippen LogP contribution in [0.25, 0.3) is 0 Å². The predicted molar refractivity (Wildman–Crippen MR) is 84.0 cm³/mol. The molecule has 1 amide bonds. The fraction of sp³-hybridized carbons (Fsp3) is 0.214. The average Bonchev–Trinajstić information content (AvgIpc) is 2.89. The number of carbonyl (C=O) groups is 1. The summed E-state index contributed by atoms with van der Waals surface area (Å²) in [7, 11) is 0. The van der Waals surface area contributed by atoms with Crippen LogP contribution in [0.2, 0.25) is 5.02 Å². The Bertz CT molecular complexity index is 571. The summed E-state index contributed by atoms with van der Waals surface area (Å²) in [4.78, 5) is 13.4. The van der Waals surface area contributed by atoms with E-state index in [1.807, 2.05) is 17.5 Å². The van der Waals surface area contributed by atoms with E-state index < -0.39 is 0 Å². The predicted octanol–water partition coefficient (Wildman–Crippen LogP) is 5.05. The van der Waals surface area contributed by atoms with Crippen molar-refractivity contribution < 1.29 is 4.79 Å². The van der Waals surface area contributed by atoms with Crippen LogP contribution in [0.5, 0.6) is 0 Å². The van der Waals surface area contributed by atoms with Crippen molar-refractivity contribution in [1.82, 2.24) is 5.32 Å². The van der Waals surface area contributed by atoms with Crippen molar-refractivity contribution in [2.75, 3.05) is 0 Å². The van der Waals surface area contributed by atoms with Gasteiger partial charge in [0.25, 0.3) is 5.91 Å². The van der Waals surface area contributed by atoms with Gasteiger partial charge in [-0.25, -0.2) is 0 Å². The lowest BCUT2D eigenvalue weighted by molar-refractivity contribution is 0.0935. The molecule has 2 aromatic rings. The molecule has 5 heteroatoms. The smallest absolute Gasteiger partial charge is 0.252 e. The summed E-state index contributed by atoms with van der Waals surface area (Å²) < 4.78 is 0.707. The summed E-state index contributed by atoms with van der Waals surface area (Å²) >= 11 is 10.9. The Morgan fingerprint density at radius 1 is 1.47 bits per heavy atom. The van der Waals surface area contributed by atoms with Crippen molar-refractivity contribution >= 4 is 44.8 Å². The van der Waals surface area contributed by atoms with E-state index >= 15 is 0 Å². The molecule has 0 bridgehead atoms. The van der Waals surface area contributed by atoms with E-state index in [9.17, 15) is 4.79 Å². The van der Waals surface area contributed by atoms with Crippen LogP contribution in [-0.2, 0) is 0 Å². The third-order valence-corrected chi connectivity index (χ3v) is 4.65. The van der Waals surface area contributed by atoms with E-state index in [4.69, 9.17) is 11.6 Å². The van der Waals surface area contributed by atoms with Crippen molar-refractivity contribution in [3.63, 3.8) is 0 Å². The van der Waals surface area contributed by atoms with Gasteiger partial charge in [-0.15, -0.1) is 11.3 Å². The molecule has 100 valence electrons. The van der Waals surface area contributed by atoms with Crippen LogP contribution >= 0.6 is 38.9 Å². The van der Waals surface area contributed by atoms with E-state index in [1.165, 1.54) is 4.88 Å². The Morgan fingerprint density at radius 3 is 2.84 bits per heavy atom. The van der Waals surface area contributed by atoms with Crippen LogP contribution in [0, 0.1) is 0 Å². The first-order valence-corrected chi connectivity index (χ1v) is 7.96. The highest BCUT2D eigenvalue weighted by atomic mass is 79.9. The quantitative estimate of drug-likeness (QED) is 0.814. The second-order valence-electron chi connectivity index (χ2n) is 4.07. The van der Waals surface area contributed by atoms with Crippen molar-refractivity contribution in [2.24, 2.45) is 0 Å². The first-order chi connectivity index (χ1) is 9.11. The summed E-state index contributed by atoms with van der Waals surface area (Å²) in [5, 5.41) is 5.67. The molecule has 1 N–H and O–H groups in total. The highest BCUT2D eigenvalue weighted by molar-refractivity contribution is 9.10. The Kier molecular flexibility index (Phi) is 5.02. The number of benzene rings is 1. The Morgan fingerprint density at radius 2 is 2.26 bits per heavy atom. The number of hydrogen-bond acceptors (Lipinski definition) is 2. The molecule has 0 fully saturated rings. The Hall–Kier alpha value is -0.840. The summed E-state index contributed by atoms with van der Waals surface area (Å²) in [6.45, 7) is 2.06. The Balaban J connectivity index is 2.16. The van der Waals surface area contributed by atoms with E-state index in [1.54, 1.807) is 29.5 Å². The minimum atomic E-state index is -0.0937. The number of hydrogen-bond donors (Lipinski definition) is 1. The third kappa shape index (κ3) is 3.59. The molecule has 1 heterocycles. The molecule has 19 heavy (non-hydrogen) atoms. The van der Waals surface area contributed by atoms with Gasteiger partial charge in [0.1, 0.15) is 0 Å². The Labute approximate surface area is 129 Å². The molecule has 1 aromatic heterocycles. The van der Waals surface area contributed by atoms with Crippen LogP contribution in [0.1, 0.15) is 34.6 Å². The van der Waals surface area contributed by atoms with Crippen molar-refractivity contribution in [1.29, 1.82) is 0 Å². The molecular weight excluding hydrogens is 346 g/mol. The normalized spacial score (nSPS) is 12.2. The van der Waals surface area contributed by atoms with Crippen LogP contribution in [0.3, 0.4) is 0 Å². The molecule has 0 aliphatic rings. The molecule has 1 atom stereocenters. The number of nitrogens with one attached hydrogen (secondary N) is 1. The summed E-state index contributed by atoms with van der Waals surface area (Å²) in [6, 6.07) is 9.25. The number of thiophene rings is 1. The van der Waals surface area contributed by atoms with E-state index in [-0.39, 0.29) is 11.9 Å². The number of halogens is 2. The fourth-order valence-electron chi connectivity index (χ4n) is 1.77. The van der Waals surface area contributed by atoms with Crippen molar-refractivity contribution in [2.45, 2.75) is 19.4 Å². The van der Waals surface area contributed by atoms with Crippen molar-refractivity contribution in [3.05, 3.63) is 55.6 Å². The molecule has 1 unspecified atom stereocenters. The zero-order valence-electron chi connectivity index (χ0n) is 10.3.